The highest BCUT2D eigenvalue weighted by atomic mass is 16.3. The zero-order chi connectivity index (χ0) is 11.5. The third kappa shape index (κ3) is 1.79. The second kappa shape index (κ2) is 4.37. The normalized spacial score (nSPS) is 10.6. The van der Waals surface area contributed by atoms with Crippen LogP contribution in [-0.4, -0.2) is 29.1 Å². The third-order valence-corrected chi connectivity index (χ3v) is 2.59. The van der Waals surface area contributed by atoms with Gasteiger partial charge >= 0.3 is 0 Å². The fourth-order valence-electron chi connectivity index (χ4n) is 1.77. The van der Waals surface area contributed by atoms with Gasteiger partial charge in [0, 0.05) is 17.4 Å². The van der Waals surface area contributed by atoms with Crippen LogP contribution in [0.2, 0.25) is 0 Å². The van der Waals surface area contributed by atoms with Crippen molar-refractivity contribution in [2.45, 2.75) is 6.92 Å². The van der Waals surface area contributed by atoms with E-state index >= 15 is 0 Å². The standard InChI is InChI=1S/C12H14N2O2/c1-8-9-4-2-3-5-10(9)14-11(8)12(16)13-6-7-15/h2-5,14-15H,6-7H2,1H3,(H,13,16). The maximum atomic E-state index is 11.7. The van der Waals surface area contributed by atoms with Gasteiger partial charge in [-0.2, -0.15) is 0 Å². The SMILES string of the molecule is Cc1c(C(=O)NCCO)[nH]c2ccccc12. The average molecular weight is 218 g/mol. The number of rotatable bonds is 3. The Balaban J connectivity index is 2.37. The molecule has 0 saturated heterocycles. The summed E-state index contributed by atoms with van der Waals surface area (Å²) >= 11 is 0. The minimum absolute atomic E-state index is 0.0506. The molecule has 0 saturated carbocycles. The van der Waals surface area contributed by atoms with Crippen LogP contribution in [0.15, 0.2) is 24.3 Å². The van der Waals surface area contributed by atoms with Crippen molar-refractivity contribution in [3.63, 3.8) is 0 Å². The Labute approximate surface area is 93.3 Å². The van der Waals surface area contributed by atoms with Crippen LogP contribution in [0.25, 0.3) is 10.9 Å². The molecular weight excluding hydrogens is 204 g/mol. The zero-order valence-electron chi connectivity index (χ0n) is 9.08. The second-order valence-corrected chi connectivity index (χ2v) is 3.65. The molecular formula is C12H14N2O2. The molecule has 0 spiro atoms. The molecule has 1 heterocycles. The number of hydrogen-bond donors (Lipinski definition) is 3. The van der Waals surface area contributed by atoms with Crippen molar-refractivity contribution in [3.05, 3.63) is 35.5 Å². The van der Waals surface area contributed by atoms with Crippen molar-refractivity contribution >= 4 is 16.8 Å². The molecule has 0 radical (unpaired) electrons. The van der Waals surface area contributed by atoms with E-state index in [0.717, 1.165) is 16.5 Å². The Morgan fingerprint density at radius 1 is 1.44 bits per heavy atom. The summed E-state index contributed by atoms with van der Waals surface area (Å²) in [6.45, 7) is 2.13. The molecule has 3 N–H and O–H groups in total. The lowest BCUT2D eigenvalue weighted by molar-refractivity contribution is 0.0940. The zero-order valence-corrected chi connectivity index (χ0v) is 9.08. The summed E-state index contributed by atoms with van der Waals surface area (Å²) in [5.74, 6) is -0.178. The Morgan fingerprint density at radius 3 is 2.88 bits per heavy atom. The fourth-order valence-corrected chi connectivity index (χ4v) is 1.77. The molecule has 84 valence electrons. The first-order chi connectivity index (χ1) is 7.74. The van der Waals surface area contributed by atoms with E-state index in [1.54, 1.807) is 0 Å². The number of aryl methyl sites for hydroxylation is 1. The number of aliphatic hydroxyl groups excluding tert-OH is 1. The second-order valence-electron chi connectivity index (χ2n) is 3.65. The van der Waals surface area contributed by atoms with Gasteiger partial charge in [0.1, 0.15) is 5.69 Å². The first-order valence-electron chi connectivity index (χ1n) is 5.20. The molecule has 0 fully saturated rings. The van der Waals surface area contributed by atoms with Gasteiger partial charge in [-0.1, -0.05) is 18.2 Å². The van der Waals surface area contributed by atoms with Crippen molar-refractivity contribution in [1.29, 1.82) is 0 Å². The molecule has 0 unspecified atom stereocenters. The summed E-state index contributed by atoms with van der Waals surface area (Å²) in [7, 11) is 0. The quantitative estimate of drug-likeness (QED) is 0.724. The van der Waals surface area contributed by atoms with E-state index in [1.165, 1.54) is 0 Å². The molecule has 2 rings (SSSR count). The van der Waals surface area contributed by atoms with Crippen molar-refractivity contribution in [1.82, 2.24) is 10.3 Å². The number of aromatic amines is 1. The van der Waals surface area contributed by atoms with Crippen LogP contribution in [0.3, 0.4) is 0 Å². The highest BCUT2D eigenvalue weighted by Gasteiger charge is 2.13. The molecule has 0 aliphatic rings. The van der Waals surface area contributed by atoms with Gasteiger partial charge in [-0.15, -0.1) is 0 Å². The number of amides is 1. The molecule has 0 aliphatic heterocycles. The molecule has 1 aromatic carbocycles. The van der Waals surface area contributed by atoms with Gasteiger partial charge in [-0.3, -0.25) is 4.79 Å². The summed E-state index contributed by atoms with van der Waals surface area (Å²) < 4.78 is 0. The minimum Gasteiger partial charge on any atom is -0.395 e. The summed E-state index contributed by atoms with van der Waals surface area (Å²) in [4.78, 5) is 14.8. The lowest BCUT2D eigenvalue weighted by Crippen LogP contribution is -2.27. The maximum absolute atomic E-state index is 11.7. The number of carbonyl (C=O) groups excluding carboxylic acids is 1. The third-order valence-electron chi connectivity index (χ3n) is 2.59. The number of benzene rings is 1. The van der Waals surface area contributed by atoms with E-state index in [1.807, 2.05) is 31.2 Å². The van der Waals surface area contributed by atoms with Gasteiger partial charge in [-0.25, -0.2) is 0 Å². The van der Waals surface area contributed by atoms with E-state index in [0.29, 0.717) is 5.69 Å². The maximum Gasteiger partial charge on any atom is 0.268 e. The Hall–Kier alpha value is -1.81. The monoisotopic (exact) mass is 218 g/mol. The first kappa shape index (κ1) is 10.7. The van der Waals surface area contributed by atoms with E-state index in [4.69, 9.17) is 5.11 Å². The predicted molar refractivity (Wildman–Crippen MR) is 62.5 cm³/mol. The Kier molecular flexibility index (Phi) is 2.92. The molecule has 16 heavy (non-hydrogen) atoms. The number of nitrogens with one attached hydrogen (secondary N) is 2. The van der Waals surface area contributed by atoms with Crippen LogP contribution in [0.5, 0.6) is 0 Å². The van der Waals surface area contributed by atoms with Crippen molar-refractivity contribution in [3.8, 4) is 0 Å². The molecule has 4 nitrogen and oxygen atoms in total. The van der Waals surface area contributed by atoms with Gasteiger partial charge in [0.15, 0.2) is 0 Å². The number of fused-ring (bicyclic) bond motifs is 1. The Bertz CT molecular complexity index is 517. The van der Waals surface area contributed by atoms with E-state index in [-0.39, 0.29) is 19.1 Å². The molecule has 2 aromatic rings. The van der Waals surface area contributed by atoms with Crippen molar-refractivity contribution in [2.24, 2.45) is 0 Å². The molecule has 4 heteroatoms. The van der Waals surface area contributed by atoms with Crippen LogP contribution in [-0.2, 0) is 0 Å². The van der Waals surface area contributed by atoms with Gasteiger partial charge in [0.05, 0.1) is 6.61 Å². The number of H-pyrrole nitrogens is 1. The van der Waals surface area contributed by atoms with Crippen LogP contribution < -0.4 is 5.32 Å². The fraction of sp³-hybridized carbons (Fsp3) is 0.250. The molecule has 0 atom stereocenters. The van der Waals surface area contributed by atoms with Crippen molar-refractivity contribution in [2.75, 3.05) is 13.2 Å². The number of aliphatic hydroxyl groups is 1. The highest BCUT2D eigenvalue weighted by Crippen LogP contribution is 2.20. The van der Waals surface area contributed by atoms with Crippen LogP contribution in [0, 0.1) is 6.92 Å². The number of para-hydroxylation sites is 1. The van der Waals surface area contributed by atoms with E-state index in [9.17, 15) is 4.79 Å². The topological polar surface area (TPSA) is 65.1 Å². The summed E-state index contributed by atoms with van der Waals surface area (Å²) in [5.41, 5.74) is 2.45. The van der Waals surface area contributed by atoms with E-state index < -0.39 is 0 Å². The Morgan fingerprint density at radius 2 is 2.19 bits per heavy atom. The molecule has 1 aromatic heterocycles. The minimum atomic E-state index is -0.178. The summed E-state index contributed by atoms with van der Waals surface area (Å²) in [6, 6.07) is 7.78. The smallest absolute Gasteiger partial charge is 0.268 e. The molecule has 0 bridgehead atoms. The van der Waals surface area contributed by atoms with Gasteiger partial charge in [-0.05, 0) is 18.6 Å². The number of aromatic nitrogens is 1. The molecule has 0 aliphatic carbocycles. The highest BCUT2D eigenvalue weighted by molar-refractivity contribution is 6.00. The summed E-state index contributed by atoms with van der Waals surface area (Å²) in [6.07, 6.45) is 0. The van der Waals surface area contributed by atoms with E-state index in [2.05, 4.69) is 10.3 Å². The van der Waals surface area contributed by atoms with Crippen molar-refractivity contribution < 1.29 is 9.90 Å². The largest absolute Gasteiger partial charge is 0.395 e. The lowest BCUT2D eigenvalue weighted by atomic mass is 10.1. The predicted octanol–water partition coefficient (Wildman–Crippen LogP) is 1.20. The number of carbonyl (C=O) groups is 1. The first-order valence-corrected chi connectivity index (χ1v) is 5.20. The number of hydrogen-bond acceptors (Lipinski definition) is 2. The van der Waals surface area contributed by atoms with Crippen LogP contribution in [0.4, 0.5) is 0 Å². The van der Waals surface area contributed by atoms with Gasteiger partial charge in [0.2, 0.25) is 0 Å². The average Bonchev–Trinajstić information content (AvgIpc) is 2.64. The summed E-state index contributed by atoms with van der Waals surface area (Å²) in [5, 5.41) is 12.3. The molecule has 1 amide bonds. The van der Waals surface area contributed by atoms with Crippen LogP contribution >= 0.6 is 0 Å². The van der Waals surface area contributed by atoms with Crippen LogP contribution in [0.1, 0.15) is 16.1 Å². The lowest BCUT2D eigenvalue weighted by Gasteiger charge is -2.01. The van der Waals surface area contributed by atoms with Gasteiger partial charge in [0.25, 0.3) is 5.91 Å². The van der Waals surface area contributed by atoms with Gasteiger partial charge < -0.3 is 15.4 Å².